The van der Waals surface area contributed by atoms with Crippen molar-refractivity contribution in [1.82, 2.24) is 29.7 Å². The van der Waals surface area contributed by atoms with Crippen molar-refractivity contribution in [2.45, 2.75) is 46.1 Å². The van der Waals surface area contributed by atoms with Gasteiger partial charge in [0.15, 0.2) is 5.65 Å². The Hall–Kier alpha value is -3.06. The van der Waals surface area contributed by atoms with Crippen LogP contribution in [-0.4, -0.2) is 49.3 Å². The predicted molar refractivity (Wildman–Crippen MR) is 120 cm³/mol. The first-order valence-electron chi connectivity index (χ1n) is 10.4. The number of benzene rings is 1. The molecule has 3 aromatic heterocycles. The predicted octanol–water partition coefficient (Wildman–Crippen LogP) is 3.74. The molecular weight excluding hydrogens is 376 g/mol. The summed E-state index contributed by atoms with van der Waals surface area (Å²) >= 11 is 0. The topological polar surface area (TPSA) is 79.2 Å². The van der Waals surface area contributed by atoms with Crippen LogP contribution < -0.4 is 5.56 Å². The molecule has 1 aromatic carbocycles. The Morgan fingerprint density at radius 3 is 2.73 bits per heavy atom. The minimum absolute atomic E-state index is 0.186. The Balaban J connectivity index is 0.000000230. The van der Waals surface area contributed by atoms with Crippen molar-refractivity contribution in [3.8, 4) is 11.3 Å². The van der Waals surface area contributed by atoms with Gasteiger partial charge in [-0.1, -0.05) is 12.5 Å². The fourth-order valence-electron chi connectivity index (χ4n) is 3.88. The number of imidazole rings is 1. The molecule has 7 heteroatoms. The zero-order valence-electron chi connectivity index (χ0n) is 18.0. The van der Waals surface area contributed by atoms with Crippen molar-refractivity contribution >= 4 is 16.4 Å². The maximum Gasteiger partial charge on any atom is 0.272 e. The minimum atomic E-state index is -0.186. The highest BCUT2D eigenvalue weighted by molar-refractivity contribution is 5.85. The largest absolute Gasteiger partial charge is 0.304 e. The number of nitrogens with zero attached hydrogens (tertiary/aromatic N) is 5. The van der Waals surface area contributed by atoms with Gasteiger partial charge >= 0.3 is 0 Å². The molecule has 0 amide bonds. The van der Waals surface area contributed by atoms with E-state index in [0.29, 0.717) is 5.39 Å². The van der Waals surface area contributed by atoms with Gasteiger partial charge in [-0.05, 0) is 71.0 Å². The molecule has 1 atom stereocenters. The van der Waals surface area contributed by atoms with Crippen molar-refractivity contribution in [3.63, 3.8) is 0 Å². The Morgan fingerprint density at radius 1 is 1.17 bits per heavy atom. The van der Waals surface area contributed by atoms with Crippen LogP contribution in [0.2, 0.25) is 0 Å². The van der Waals surface area contributed by atoms with E-state index in [-0.39, 0.29) is 5.56 Å². The van der Waals surface area contributed by atoms with Gasteiger partial charge in [-0.25, -0.2) is 14.6 Å². The second-order valence-electron chi connectivity index (χ2n) is 8.19. The number of aryl methyl sites for hydroxylation is 2. The highest BCUT2D eigenvalue weighted by Gasteiger charge is 2.12. The molecule has 5 rings (SSSR count). The van der Waals surface area contributed by atoms with Crippen molar-refractivity contribution in [1.29, 1.82) is 0 Å². The van der Waals surface area contributed by atoms with E-state index in [1.165, 1.54) is 25.8 Å². The average molecular weight is 405 g/mol. The van der Waals surface area contributed by atoms with E-state index in [4.69, 9.17) is 0 Å². The SMILES string of the molecule is C[C@H]1CCCCN1C.Cc1cn2nc(-c3ccc4c(=O)[nH]ncc4c3)cc(C)c2n1. The Morgan fingerprint density at radius 2 is 2.00 bits per heavy atom. The lowest BCUT2D eigenvalue weighted by atomic mass is 10.1. The van der Waals surface area contributed by atoms with E-state index in [2.05, 4.69) is 39.2 Å². The summed E-state index contributed by atoms with van der Waals surface area (Å²) in [4.78, 5) is 18.6. The summed E-state index contributed by atoms with van der Waals surface area (Å²) in [6, 6.07) is 8.46. The van der Waals surface area contributed by atoms with Gasteiger partial charge in [0, 0.05) is 17.0 Å². The van der Waals surface area contributed by atoms with Gasteiger partial charge in [0.1, 0.15) is 0 Å². The van der Waals surface area contributed by atoms with Crippen molar-refractivity contribution in [3.05, 3.63) is 58.3 Å². The summed E-state index contributed by atoms with van der Waals surface area (Å²) in [6.07, 6.45) is 7.79. The van der Waals surface area contributed by atoms with E-state index in [0.717, 1.165) is 39.6 Å². The minimum Gasteiger partial charge on any atom is -0.304 e. The van der Waals surface area contributed by atoms with Gasteiger partial charge in [0.25, 0.3) is 5.56 Å². The number of nitrogens with one attached hydrogen (secondary N) is 1. The number of H-pyrrole nitrogens is 1. The van der Waals surface area contributed by atoms with E-state index >= 15 is 0 Å². The molecule has 0 unspecified atom stereocenters. The van der Waals surface area contributed by atoms with Crippen LogP contribution in [-0.2, 0) is 0 Å². The molecule has 0 spiro atoms. The third-order valence-corrected chi connectivity index (χ3v) is 5.83. The molecule has 7 nitrogen and oxygen atoms in total. The third-order valence-electron chi connectivity index (χ3n) is 5.83. The summed E-state index contributed by atoms with van der Waals surface area (Å²) in [5.41, 5.74) is 4.44. The van der Waals surface area contributed by atoms with E-state index < -0.39 is 0 Å². The third kappa shape index (κ3) is 4.11. The number of hydrogen-bond acceptors (Lipinski definition) is 5. The second-order valence-corrected chi connectivity index (χ2v) is 8.19. The number of aromatic nitrogens is 5. The lowest BCUT2D eigenvalue weighted by molar-refractivity contribution is 0.200. The van der Waals surface area contributed by atoms with E-state index in [9.17, 15) is 4.79 Å². The maximum absolute atomic E-state index is 11.7. The van der Waals surface area contributed by atoms with E-state index in [1.807, 2.05) is 38.2 Å². The van der Waals surface area contributed by atoms with Crippen LogP contribution in [0.3, 0.4) is 0 Å². The van der Waals surface area contributed by atoms with Crippen LogP contribution in [0.4, 0.5) is 0 Å². The first kappa shape index (κ1) is 20.2. The molecule has 0 aliphatic carbocycles. The van der Waals surface area contributed by atoms with Crippen LogP contribution in [0.15, 0.2) is 41.5 Å². The highest BCUT2D eigenvalue weighted by Crippen LogP contribution is 2.23. The Kier molecular flexibility index (Phi) is 5.63. The van der Waals surface area contributed by atoms with Crippen LogP contribution >= 0.6 is 0 Å². The molecule has 1 saturated heterocycles. The van der Waals surface area contributed by atoms with Crippen LogP contribution in [0.5, 0.6) is 0 Å². The zero-order valence-corrected chi connectivity index (χ0v) is 18.0. The molecule has 30 heavy (non-hydrogen) atoms. The molecule has 1 aliphatic heterocycles. The quantitative estimate of drug-likeness (QED) is 0.523. The van der Waals surface area contributed by atoms with Gasteiger partial charge in [0.05, 0.1) is 29.2 Å². The van der Waals surface area contributed by atoms with Gasteiger partial charge in [-0.2, -0.15) is 10.2 Å². The van der Waals surface area contributed by atoms with Gasteiger partial charge in [-0.3, -0.25) is 4.79 Å². The molecule has 0 bridgehead atoms. The van der Waals surface area contributed by atoms with Gasteiger partial charge in [0.2, 0.25) is 0 Å². The number of aromatic amines is 1. The Labute approximate surface area is 175 Å². The number of piperidine rings is 1. The molecule has 1 fully saturated rings. The second kappa shape index (κ2) is 8.36. The van der Waals surface area contributed by atoms with Crippen LogP contribution in [0.25, 0.3) is 27.7 Å². The summed E-state index contributed by atoms with van der Waals surface area (Å²) in [7, 11) is 2.21. The summed E-state index contributed by atoms with van der Waals surface area (Å²) in [5.74, 6) is 0. The smallest absolute Gasteiger partial charge is 0.272 e. The Bertz CT molecular complexity index is 1230. The summed E-state index contributed by atoms with van der Waals surface area (Å²) in [6.45, 7) is 7.57. The fourth-order valence-corrected chi connectivity index (χ4v) is 3.88. The summed E-state index contributed by atoms with van der Waals surface area (Å²) < 4.78 is 1.79. The van der Waals surface area contributed by atoms with Crippen molar-refractivity contribution in [2.24, 2.45) is 0 Å². The van der Waals surface area contributed by atoms with Gasteiger partial charge in [-0.15, -0.1) is 0 Å². The number of fused-ring (bicyclic) bond motifs is 2. The zero-order chi connectivity index (χ0) is 21.3. The highest BCUT2D eigenvalue weighted by atomic mass is 16.1. The molecule has 1 N–H and O–H groups in total. The van der Waals surface area contributed by atoms with Crippen LogP contribution in [0.1, 0.15) is 37.4 Å². The van der Waals surface area contributed by atoms with Crippen molar-refractivity contribution < 1.29 is 0 Å². The lowest BCUT2D eigenvalue weighted by Crippen LogP contribution is -2.33. The standard InChI is InChI=1S/C16H13N5O.C7H15N/c1-9-5-14(20-21-8-10(2)18-15(9)21)11-3-4-13-12(6-11)7-17-19-16(13)22;1-7-5-3-4-6-8(7)2/h3-8H,1-2H3,(H,19,22);7H,3-6H2,1-2H3/t;7-/m.0/s1. The molecule has 4 heterocycles. The molecule has 156 valence electrons. The van der Waals surface area contributed by atoms with Gasteiger partial charge < -0.3 is 4.90 Å². The maximum atomic E-state index is 11.7. The average Bonchev–Trinajstić information content (AvgIpc) is 3.11. The first-order chi connectivity index (χ1) is 14.4. The molecule has 1 aliphatic rings. The van der Waals surface area contributed by atoms with Crippen molar-refractivity contribution in [2.75, 3.05) is 13.6 Å². The molecule has 0 radical (unpaired) electrons. The van der Waals surface area contributed by atoms with Crippen LogP contribution in [0, 0.1) is 13.8 Å². The number of hydrogen-bond donors (Lipinski definition) is 1. The normalized spacial score (nSPS) is 17.1. The number of rotatable bonds is 1. The monoisotopic (exact) mass is 404 g/mol. The molecular formula is C23H28N6O. The van der Waals surface area contributed by atoms with E-state index in [1.54, 1.807) is 16.8 Å². The first-order valence-corrected chi connectivity index (χ1v) is 10.4. The number of likely N-dealkylation sites (tertiary alicyclic amines) is 1. The fraction of sp³-hybridized carbons (Fsp3) is 0.391. The lowest BCUT2D eigenvalue weighted by Gasteiger charge is -2.29. The molecule has 0 saturated carbocycles. The summed E-state index contributed by atoms with van der Waals surface area (Å²) in [5, 5.41) is 12.3. The molecule has 4 aromatic rings.